The maximum absolute atomic E-state index is 12.5. The van der Waals surface area contributed by atoms with Crippen molar-refractivity contribution >= 4 is 17.3 Å². The third-order valence-corrected chi connectivity index (χ3v) is 4.94. The van der Waals surface area contributed by atoms with E-state index in [1.54, 1.807) is 26.0 Å². The molecule has 1 saturated carbocycles. The smallest absolute Gasteiger partial charge is 0.274 e. The van der Waals surface area contributed by atoms with Crippen molar-refractivity contribution in [3.8, 4) is 0 Å². The number of anilines is 1. The first kappa shape index (κ1) is 18.4. The molecule has 7 heteroatoms. The van der Waals surface area contributed by atoms with E-state index < -0.39 is 11.0 Å². The molecule has 2 N–H and O–H groups in total. The first-order chi connectivity index (χ1) is 11.3. The van der Waals surface area contributed by atoms with Crippen LogP contribution in [-0.4, -0.2) is 46.6 Å². The molecular weight excluding hydrogens is 310 g/mol. The van der Waals surface area contributed by atoms with Gasteiger partial charge in [-0.1, -0.05) is 12.5 Å². The number of rotatable bonds is 6. The Kier molecular flexibility index (Phi) is 5.90. The van der Waals surface area contributed by atoms with Gasteiger partial charge >= 0.3 is 0 Å². The lowest BCUT2D eigenvalue weighted by molar-refractivity contribution is -0.385. The topological polar surface area (TPSA) is 95.7 Å². The first-order valence-electron chi connectivity index (χ1n) is 8.24. The summed E-state index contributed by atoms with van der Waals surface area (Å²) in [6.45, 7) is 4.07. The number of aliphatic hydroxyl groups excluding tert-OH is 1. The molecule has 7 nitrogen and oxygen atoms in total. The van der Waals surface area contributed by atoms with Gasteiger partial charge in [0.25, 0.3) is 5.69 Å². The molecule has 24 heavy (non-hydrogen) atoms. The number of carbonyl (C=O) groups excluding carboxylic acids is 1. The minimum Gasteiger partial charge on any atom is -0.393 e. The number of nitrogens with one attached hydrogen (secondary N) is 1. The minimum atomic E-state index is -0.456. The van der Waals surface area contributed by atoms with E-state index in [4.69, 9.17) is 0 Å². The summed E-state index contributed by atoms with van der Waals surface area (Å²) in [7, 11) is 1.86. The number of amides is 1. The Morgan fingerprint density at radius 1 is 1.50 bits per heavy atom. The number of nitro benzene ring substituents is 1. The second-order valence-corrected chi connectivity index (χ2v) is 6.57. The number of carbonyl (C=O) groups is 1. The van der Waals surface area contributed by atoms with Crippen molar-refractivity contribution in [2.45, 2.75) is 45.3 Å². The highest BCUT2D eigenvalue weighted by Crippen LogP contribution is 2.27. The Bertz CT molecular complexity index is 620. The molecule has 1 aliphatic rings. The Morgan fingerprint density at radius 2 is 2.21 bits per heavy atom. The van der Waals surface area contributed by atoms with Crippen molar-refractivity contribution in [3.63, 3.8) is 0 Å². The van der Waals surface area contributed by atoms with Crippen LogP contribution in [0.4, 0.5) is 11.4 Å². The lowest BCUT2D eigenvalue weighted by atomic mass is 10.0. The van der Waals surface area contributed by atoms with E-state index in [-0.39, 0.29) is 23.6 Å². The Labute approximate surface area is 141 Å². The van der Waals surface area contributed by atoms with Gasteiger partial charge in [0.05, 0.1) is 28.3 Å². The Morgan fingerprint density at radius 3 is 2.79 bits per heavy atom. The number of nitrogens with zero attached hydrogens (tertiary/aromatic N) is 2. The van der Waals surface area contributed by atoms with Gasteiger partial charge < -0.3 is 10.4 Å². The molecular formula is C17H25N3O4. The zero-order valence-corrected chi connectivity index (χ0v) is 14.4. The van der Waals surface area contributed by atoms with E-state index in [0.717, 1.165) is 19.3 Å². The summed E-state index contributed by atoms with van der Waals surface area (Å²) in [6.07, 6.45) is 2.53. The van der Waals surface area contributed by atoms with E-state index in [9.17, 15) is 20.0 Å². The predicted octanol–water partition coefficient (Wildman–Crippen LogP) is 2.32. The van der Waals surface area contributed by atoms with Gasteiger partial charge in [-0.3, -0.25) is 19.8 Å². The lowest BCUT2D eigenvalue weighted by Gasteiger charge is -2.28. The molecule has 1 aliphatic carbocycles. The molecule has 0 heterocycles. The van der Waals surface area contributed by atoms with Gasteiger partial charge in [-0.25, -0.2) is 0 Å². The van der Waals surface area contributed by atoms with Crippen LogP contribution in [0.15, 0.2) is 18.2 Å². The third kappa shape index (κ3) is 4.10. The van der Waals surface area contributed by atoms with Gasteiger partial charge in [-0.2, -0.15) is 0 Å². The molecule has 0 spiro atoms. The maximum Gasteiger partial charge on any atom is 0.274 e. The van der Waals surface area contributed by atoms with Crippen molar-refractivity contribution < 1.29 is 14.8 Å². The summed E-state index contributed by atoms with van der Waals surface area (Å²) < 4.78 is 0. The molecule has 0 aromatic heterocycles. The summed E-state index contributed by atoms with van der Waals surface area (Å²) in [5.41, 5.74) is 0.884. The van der Waals surface area contributed by atoms with Crippen molar-refractivity contribution in [2.75, 3.05) is 18.9 Å². The molecule has 1 aromatic carbocycles. The van der Waals surface area contributed by atoms with Gasteiger partial charge in [0.1, 0.15) is 0 Å². The van der Waals surface area contributed by atoms with E-state index in [0.29, 0.717) is 17.8 Å². The number of likely N-dealkylation sites (N-methyl/N-ethyl adjacent to an activating group) is 1. The molecule has 132 valence electrons. The van der Waals surface area contributed by atoms with Gasteiger partial charge in [0.2, 0.25) is 5.91 Å². The highest BCUT2D eigenvalue weighted by Gasteiger charge is 2.29. The summed E-state index contributed by atoms with van der Waals surface area (Å²) >= 11 is 0. The third-order valence-electron chi connectivity index (χ3n) is 4.94. The van der Waals surface area contributed by atoms with E-state index in [1.165, 1.54) is 6.07 Å². The van der Waals surface area contributed by atoms with Crippen LogP contribution in [0.1, 0.15) is 31.7 Å². The van der Waals surface area contributed by atoms with Gasteiger partial charge in [-0.05, 0) is 45.7 Å². The van der Waals surface area contributed by atoms with E-state index in [2.05, 4.69) is 5.32 Å². The monoisotopic (exact) mass is 335 g/mol. The zero-order chi connectivity index (χ0) is 17.9. The van der Waals surface area contributed by atoms with Gasteiger partial charge in [-0.15, -0.1) is 0 Å². The lowest BCUT2D eigenvalue weighted by Crippen LogP contribution is -2.43. The number of aliphatic hydroxyl groups is 1. The van der Waals surface area contributed by atoms with Crippen LogP contribution >= 0.6 is 0 Å². The summed E-state index contributed by atoms with van der Waals surface area (Å²) in [6, 6.07) is 4.25. The predicted molar refractivity (Wildman–Crippen MR) is 91.9 cm³/mol. The van der Waals surface area contributed by atoms with Gasteiger partial charge in [0.15, 0.2) is 0 Å². The molecule has 3 atom stereocenters. The highest BCUT2D eigenvalue weighted by molar-refractivity contribution is 5.95. The molecule has 2 rings (SSSR count). The van der Waals surface area contributed by atoms with Crippen LogP contribution in [0, 0.1) is 23.0 Å². The number of benzene rings is 1. The molecule has 1 fully saturated rings. The Balaban J connectivity index is 2.01. The zero-order valence-electron chi connectivity index (χ0n) is 14.4. The molecule has 0 radical (unpaired) electrons. The number of nitro groups is 1. The second-order valence-electron chi connectivity index (χ2n) is 6.57. The van der Waals surface area contributed by atoms with Crippen molar-refractivity contribution in [3.05, 3.63) is 33.9 Å². The van der Waals surface area contributed by atoms with Crippen molar-refractivity contribution in [1.29, 1.82) is 0 Å². The van der Waals surface area contributed by atoms with Gasteiger partial charge in [0, 0.05) is 12.6 Å². The largest absolute Gasteiger partial charge is 0.393 e. The average molecular weight is 335 g/mol. The van der Waals surface area contributed by atoms with Crippen LogP contribution in [0.2, 0.25) is 0 Å². The molecule has 0 saturated heterocycles. The van der Waals surface area contributed by atoms with E-state index in [1.807, 2.05) is 11.9 Å². The summed E-state index contributed by atoms with van der Waals surface area (Å²) in [5.74, 6) is -0.0154. The fraction of sp³-hybridized carbons (Fsp3) is 0.588. The minimum absolute atomic E-state index is 0.0112. The van der Waals surface area contributed by atoms with Crippen molar-refractivity contribution in [1.82, 2.24) is 4.90 Å². The normalized spacial score (nSPS) is 21.7. The van der Waals surface area contributed by atoms with Crippen LogP contribution in [0.3, 0.4) is 0 Å². The SMILES string of the molecule is Cc1c(NC(=O)C(C)N(C)CC2CCCC2O)cccc1[N+](=O)[O-]. The number of hydrogen-bond donors (Lipinski definition) is 2. The number of hydrogen-bond acceptors (Lipinski definition) is 5. The first-order valence-corrected chi connectivity index (χ1v) is 8.24. The molecule has 0 bridgehead atoms. The van der Waals surface area contributed by atoms with Crippen LogP contribution in [-0.2, 0) is 4.79 Å². The molecule has 3 unspecified atom stereocenters. The van der Waals surface area contributed by atoms with Crippen LogP contribution < -0.4 is 5.32 Å². The van der Waals surface area contributed by atoms with Crippen LogP contribution in [0.25, 0.3) is 0 Å². The van der Waals surface area contributed by atoms with E-state index >= 15 is 0 Å². The maximum atomic E-state index is 12.5. The highest BCUT2D eigenvalue weighted by atomic mass is 16.6. The fourth-order valence-electron chi connectivity index (χ4n) is 3.15. The fourth-order valence-corrected chi connectivity index (χ4v) is 3.15. The van der Waals surface area contributed by atoms with Crippen LogP contribution in [0.5, 0.6) is 0 Å². The quantitative estimate of drug-likeness (QED) is 0.614. The Hall–Kier alpha value is -1.99. The summed E-state index contributed by atoms with van der Waals surface area (Å²) in [4.78, 5) is 24.9. The summed E-state index contributed by atoms with van der Waals surface area (Å²) in [5, 5.41) is 23.7. The second kappa shape index (κ2) is 7.72. The molecule has 1 aromatic rings. The average Bonchev–Trinajstić information content (AvgIpc) is 2.93. The van der Waals surface area contributed by atoms with Crippen molar-refractivity contribution in [2.24, 2.45) is 5.92 Å². The molecule has 0 aliphatic heterocycles. The molecule has 1 amide bonds. The standard InChI is InChI=1S/C17H25N3O4/c1-11-14(7-5-8-15(11)20(23)24)18-17(22)12(2)19(3)10-13-6-4-9-16(13)21/h5,7-8,12-13,16,21H,4,6,9-10H2,1-3H3,(H,18,22).